The second-order valence-electron chi connectivity index (χ2n) is 4.16. The Balaban J connectivity index is 1.72. The first-order chi connectivity index (χ1) is 9.74. The summed E-state index contributed by atoms with van der Waals surface area (Å²) in [6.45, 7) is 0.364. The number of hydrogen-bond acceptors (Lipinski definition) is 6. The number of rotatable bonds is 4. The predicted molar refractivity (Wildman–Crippen MR) is 73.5 cm³/mol. The van der Waals surface area contributed by atoms with E-state index < -0.39 is 0 Å². The van der Waals surface area contributed by atoms with Crippen LogP contribution in [0.1, 0.15) is 5.69 Å². The topological polar surface area (TPSA) is 83.4 Å². The van der Waals surface area contributed by atoms with Crippen molar-refractivity contribution in [1.82, 2.24) is 9.97 Å². The maximum atomic E-state index is 5.66. The van der Waals surface area contributed by atoms with E-state index in [4.69, 9.17) is 19.6 Å². The lowest BCUT2D eigenvalue weighted by atomic mass is 10.3. The van der Waals surface area contributed by atoms with Gasteiger partial charge < -0.3 is 19.6 Å². The zero-order valence-corrected chi connectivity index (χ0v) is 10.9. The van der Waals surface area contributed by atoms with Gasteiger partial charge in [0, 0.05) is 6.07 Å². The van der Waals surface area contributed by atoms with E-state index in [9.17, 15) is 0 Å². The molecule has 0 spiro atoms. The number of nitrogens with zero attached hydrogens (tertiary/aromatic N) is 2. The number of methoxy groups -OCH3 is 1. The van der Waals surface area contributed by atoms with E-state index in [1.807, 2.05) is 12.1 Å². The molecular formula is C14H13N3O3. The first-order valence-corrected chi connectivity index (χ1v) is 6.02. The van der Waals surface area contributed by atoms with Gasteiger partial charge in [-0.25, -0.2) is 0 Å². The summed E-state index contributed by atoms with van der Waals surface area (Å²) in [6, 6.07) is 9.19. The normalized spacial score (nSPS) is 10.7. The van der Waals surface area contributed by atoms with Gasteiger partial charge in [-0.3, -0.25) is 4.98 Å². The summed E-state index contributed by atoms with van der Waals surface area (Å²) >= 11 is 0. The van der Waals surface area contributed by atoms with Crippen LogP contribution in [-0.2, 0) is 6.61 Å². The van der Waals surface area contributed by atoms with Gasteiger partial charge in [0.2, 0.25) is 0 Å². The molecule has 0 radical (unpaired) electrons. The zero-order chi connectivity index (χ0) is 13.9. The number of oxazole rings is 1. The summed E-state index contributed by atoms with van der Waals surface area (Å²) in [5.41, 5.74) is 7.61. The van der Waals surface area contributed by atoms with Crippen molar-refractivity contribution in [2.45, 2.75) is 6.61 Å². The van der Waals surface area contributed by atoms with Gasteiger partial charge in [0.1, 0.15) is 23.6 Å². The van der Waals surface area contributed by atoms with Crippen LogP contribution in [0.5, 0.6) is 11.5 Å². The Morgan fingerprint density at radius 1 is 1.20 bits per heavy atom. The van der Waals surface area contributed by atoms with E-state index in [-0.39, 0.29) is 6.01 Å². The van der Waals surface area contributed by atoms with Gasteiger partial charge in [-0.2, -0.15) is 4.98 Å². The number of ether oxygens (including phenoxy) is 2. The fraction of sp³-hybridized carbons (Fsp3) is 0.143. The van der Waals surface area contributed by atoms with Crippen LogP contribution in [0.25, 0.3) is 11.1 Å². The molecule has 0 saturated carbocycles. The Morgan fingerprint density at radius 2 is 2.05 bits per heavy atom. The lowest BCUT2D eigenvalue weighted by molar-refractivity contribution is 0.301. The number of benzene rings is 1. The average Bonchev–Trinajstić information content (AvgIpc) is 2.85. The molecule has 0 aliphatic heterocycles. The standard InChI is InChI=1S/C14H13N3O3/c1-18-11-3-2-9(16-7-11)8-19-10-4-5-13-12(6-10)17-14(15)20-13/h2-7H,8H2,1H3,(H2,15,17). The highest BCUT2D eigenvalue weighted by molar-refractivity contribution is 5.75. The van der Waals surface area contributed by atoms with Crippen molar-refractivity contribution in [1.29, 1.82) is 0 Å². The number of nitrogens with two attached hydrogens (primary N) is 1. The second-order valence-corrected chi connectivity index (χ2v) is 4.16. The molecule has 0 aliphatic rings. The van der Waals surface area contributed by atoms with E-state index in [0.29, 0.717) is 29.2 Å². The first-order valence-electron chi connectivity index (χ1n) is 6.02. The monoisotopic (exact) mass is 271 g/mol. The summed E-state index contributed by atoms with van der Waals surface area (Å²) < 4.78 is 15.9. The third-order valence-electron chi connectivity index (χ3n) is 2.80. The fourth-order valence-electron chi connectivity index (χ4n) is 1.79. The molecule has 0 bridgehead atoms. The smallest absolute Gasteiger partial charge is 0.292 e. The Labute approximate surface area is 115 Å². The fourth-order valence-corrected chi connectivity index (χ4v) is 1.79. The summed E-state index contributed by atoms with van der Waals surface area (Å²) in [6.07, 6.45) is 1.65. The molecule has 0 amide bonds. The zero-order valence-electron chi connectivity index (χ0n) is 10.9. The molecule has 2 aromatic heterocycles. The SMILES string of the molecule is COc1ccc(COc2ccc3oc(N)nc3c2)nc1. The number of fused-ring (bicyclic) bond motifs is 1. The van der Waals surface area contributed by atoms with Crippen molar-refractivity contribution in [2.75, 3.05) is 12.8 Å². The van der Waals surface area contributed by atoms with Crippen LogP contribution in [-0.4, -0.2) is 17.1 Å². The van der Waals surface area contributed by atoms with E-state index in [1.165, 1.54) is 0 Å². The highest BCUT2D eigenvalue weighted by atomic mass is 16.5. The molecule has 3 rings (SSSR count). The van der Waals surface area contributed by atoms with Crippen LogP contribution in [0, 0.1) is 0 Å². The highest BCUT2D eigenvalue weighted by Crippen LogP contribution is 2.22. The van der Waals surface area contributed by atoms with Crippen molar-refractivity contribution in [3.63, 3.8) is 0 Å². The molecule has 1 aromatic carbocycles. The molecule has 2 N–H and O–H groups in total. The van der Waals surface area contributed by atoms with E-state index in [0.717, 1.165) is 5.69 Å². The average molecular weight is 271 g/mol. The van der Waals surface area contributed by atoms with Crippen molar-refractivity contribution < 1.29 is 13.9 Å². The molecule has 6 nitrogen and oxygen atoms in total. The number of aromatic nitrogens is 2. The van der Waals surface area contributed by atoms with E-state index >= 15 is 0 Å². The number of hydrogen-bond donors (Lipinski definition) is 1. The van der Waals surface area contributed by atoms with Crippen LogP contribution in [0.2, 0.25) is 0 Å². The van der Waals surface area contributed by atoms with Crippen LogP contribution in [0.3, 0.4) is 0 Å². The molecule has 2 heterocycles. The molecule has 102 valence electrons. The highest BCUT2D eigenvalue weighted by Gasteiger charge is 2.05. The molecular weight excluding hydrogens is 258 g/mol. The Morgan fingerprint density at radius 3 is 2.80 bits per heavy atom. The minimum atomic E-state index is 0.147. The van der Waals surface area contributed by atoms with Gasteiger partial charge in [0.05, 0.1) is 19.0 Å². The van der Waals surface area contributed by atoms with Gasteiger partial charge in [0.15, 0.2) is 5.58 Å². The first kappa shape index (κ1) is 12.3. The van der Waals surface area contributed by atoms with Crippen LogP contribution in [0.15, 0.2) is 40.9 Å². The van der Waals surface area contributed by atoms with E-state index in [1.54, 1.807) is 31.5 Å². The Kier molecular flexibility index (Phi) is 3.12. The second kappa shape index (κ2) is 5.08. The molecule has 0 saturated heterocycles. The van der Waals surface area contributed by atoms with Crippen molar-refractivity contribution in [3.8, 4) is 11.5 Å². The molecule has 0 fully saturated rings. The van der Waals surface area contributed by atoms with Gasteiger partial charge in [0.25, 0.3) is 6.01 Å². The lowest BCUT2D eigenvalue weighted by Gasteiger charge is -2.06. The van der Waals surface area contributed by atoms with Gasteiger partial charge in [-0.1, -0.05) is 0 Å². The third-order valence-corrected chi connectivity index (χ3v) is 2.80. The van der Waals surface area contributed by atoms with Gasteiger partial charge >= 0.3 is 0 Å². The maximum Gasteiger partial charge on any atom is 0.292 e. The Bertz CT molecular complexity index is 722. The molecule has 0 unspecified atom stereocenters. The Hall–Kier alpha value is -2.76. The van der Waals surface area contributed by atoms with Gasteiger partial charge in [-0.05, 0) is 24.3 Å². The predicted octanol–water partition coefficient (Wildman–Crippen LogP) is 2.39. The largest absolute Gasteiger partial charge is 0.495 e. The number of nitrogen functional groups attached to an aromatic ring is 1. The third kappa shape index (κ3) is 2.49. The number of anilines is 1. The minimum absolute atomic E-state index is 0.147. The minimum Gasteiger partial charge on any atom is -0.495 e. The summed E-state index contributed by atoms with van der Waals surface area (Å²) in [7, 11) is 1.60. The lowest BCUT2D eigenvalue weighted by Crippen LogP contribution is -1.98. The van der Waals surface area contributed by atoms with Crippen LogP contribution < -0.4 is 15.2 Å². The molecule has 20 heavy (non-hydrogen) atoms. The summed E-state index contributed by atoms with van der Waals surface area (Å²) in [4.78, 5) is 8.28. The van der Waals surface area contributed by atoms with Gasteiger partial charge in [-0.15, -0.1) is 0 Å². The van der Waals surface area contributed by atoms with Crippen molar-refractivity contribution in [2.24, 2.45) is 0 Å². The molecule has 3 aromatic rings. The number of pyridine rings is 1. The van der Waals surface area contributed by atoms with E-state index in [2.05, 4.69) is 9.97 Å². The maximum absolute atomic E-state index is 5.66. The van der Waals surface area contributed by atoms with Crippen molar-refractivity contribution >= 4 is 17.1 Å². The molecule has 0 aliphatic carbocycles. The van der Waals surface area contributed by atoms with Crippen LogP contribution >= 0.6 is 0 Å². The molecule has 6 heteroatoms. The quantitative estimate of drug-likeness (QED) is 0.784. The van der Waals surface area contributed by atoms with Crippen LogP contribution in [0.4, 0.5) is 6.01 Å². The summed E-state index contributed by atoms with van der Waals surface area (Å²) in [5.74, 6) is 1.40. The summed E-state index contributed by atoms with van der Waals surface area (Å²) in [5, 5.41) is 0. The molecule has 0 atom stereocenters. The van der Waals surface area contributed by atoms with Crippen molar-refractivity contribution in [3.05, 3.63) is 42.2 Å².